The topological polar surface area (TPSA) is 67.4 Å². The molecule has 1 aromatic rings. The van der Waals surface area contributed by atoms with E-state index in [4.69, 9.17) is 4.74 Å². The van der Waals surface area contributed by atoms with Gasteiger partial charge < -0.3 is 15.4 Å². The monoisotopic (exact) mass is 346 g/mol. The standard InChI is InChI=1S/C20H30N2O3/c1-20(2,3)25-19(24)22-17(14-15-10-6-4-7-11-15)18(23)21-16-12-8-5-9-13-16/h4,6-7,10-11,16-17H,5,8-9,12-14H2,1-3H3,(H,21,23)(H,22,24). The van der Waals surface area contributed by atoms with Crippen LogP contribution in [0.3, 0.4) is 0 Å². The summed E-state index contributed by atoms with van der Waals surface area (Å²) < 4.78 is 5.32. The minimum atomic E-state index is -0.640. The predicted molar refractivity (Wildman–Crippen MR) is 98.3 cm³/mol. The summed E-state index contributed by atoms with van der Waals surface area (Å²) >= 11 is 0. The van der Waals surface area contributed by atoms with Gasteiger partial charge in [0.15, 0.2) is 0 Å². The first-order chi connectivity index (χ1) is 11.8. The molecule has 1 aliphatic carbocycles. The molecule has 25 heavy (non-hydrogen) atoms. The summed E-state index contributed by atoms with van der Waals surface area (Å²) in [6.45, 7) is 5.42. The van der Waals surface area contributed by atoms with Crippen molar-refractivity contribution in [2.45, 2.75) is 77.0 Å². The van der Waals surface area contributed by atoms with E-state index in [1.54, 1.807) is 20.8 Å². The molecule has 0 bridgehead atoms. The number of carbonyl (C=O) groups is 2. The van der Waals surface area contributed by atoms with Gasteiger partial charge in [-0.2, -0.15) is 0 Å². The Balaban J connectivity index is 2.02. The third-order valence-corrected chi connectivity index (χ3v) is 4.24. The highest BCUT2D eigenvalue weighted by atomic mass is 16.6. The van der Waals surface area contributed by atoms with Crippen molar-refractivity contribution in [3.63, 3.8) is 0 Å². The summed E-state index contributed by atoms with van der Waals surface area (Å²) in [5, 5.41) is 5.84. The van der Waals surface area contributed by atoms with Gasteiger partial charge in [0, 0.05) is 12.5 Å². The number of hydrogen-bond acceptors (Lipinski definition) is 3. The van der Waals surface area contributed by atoms with Gasteiger partial charge in [-0.1, -0.05) is 49.6 Å². The molecule has 2 rings (SSSR count). The Bertz CT molecular complexity index is 560. The highest BCUT2D eigenvalue weighted by Crippen LogP contribution is 2.18. The molecule has 5 nitrogen and oxygen atoms in total. The molecule has 0 aliphatic heterocycles. The van der Waals surface area contributed by atoms with Crippen molar-refractivity contribution in [1.82, 2.24) is 10.6 Å². The van der Waals surface area contributed by atoms with Crippen LogP contribution < -0.4 is 10.6 Å². The van der Waals surface area contributed by atoms with Crippen LogP contribution in [0.25, 0.3) is 0 Å². The molecule has 1 fully saturated rings. The minimum Gasteiger partial charge on any atom is -0.444 e. The van der Waals surface area contributed by atoms with Gasteiger partial charge in [0.2, 0.25) is 5.91 Å². The Labute approximate surface area is 150 Å². The van der Waals surface area contributed by atoms with E-state index in [1.165, 1.54) is 6.42 Å². The average Bonchev–Trinajstić information content (AvgIpc) is 2.54. The molecule has 2 amide bonds. The van der Waals surface area contributed by atoms with E-state index < -0.39 is 17.7 Å². The van der Waals surface area contributed by atoms with Crippen LogP contribution in [0.4, 0.5) is 4.79 Å². The smallest absolute Gasteiger partial charge is 0.408 e. The number of alkyl carbamates (subject to hydrolysis) is 1. The molecule has 0 radical (unpaired) electrons. The maximum Gasteiger partial charge on any atom is 0.408 e. The quantitative estimate of drug-likeness (QED) is 0.856. The lowest BCUT2D eigenvalue weighted by molar-refractivity contribution is -0.124. The van der Waals surface area contributed by atoms with Crippen LogP contribution in [-0.4, -0.2) is 29.7 Å². The third-order valence-electron chi connectivity index (χ3n) is 4.24. The van der Waals surface area contributed by atoms with Crippen molar-refractivity contribution in [3.05, 3.63) is 35.9 Å². The third kappa shape index (κ3) is 7.16. The first kappa shape index (κ1) is 19.3. The number of rotatable bonds is 5. The Hall–Kier alpha value is -2.04. The van der Waals surface area contributed by atoms with Gasteiger partial charge in [0.25, 0.3) is 0 Å². The molecule has 1 atom stereocenters. The summed E-state index contributed by atoms with van der Waals surface area (Å²) in [5.41, 5.74) is 0.406. The van der Waals surface area contributed by atoms with Crippen LogP contribution in [0.15, 0.2) is 30.3 Å². The fraction of sp³-hybridized carbons (Fsp3) is 0.600. The van der Waals surface area contributed by atoms with E-state index in [9.17, 15) is 9.59 Å². The molecule has 0 spiro atoms. The normalized spacial score (nSPS) is 16.8. The highest BCUT2D eigenvalue weighted by Gasteiger charge is 2.26. The molecule has 1 aromatic carbocycles. The highest BCUT2D eigenvalue weighted by molar-refractivity contribution is 5.86. The van der Waals surface area contributed by atoms with Gasteiger partial charge >= 0.3 is 6.09 Å². The molecule has 0 heterocycles. The molecule has 5 heteroatoms. The number of hydrogen-bond donors (Lipinski definition) is 2. The van der Waals surface area contributed by atoms with E-state index in [2.05, 4.69) is 10.6 Å². The SMILES string of the molecule is CC(C)(C)OC(=O)NC(Cc1ccccc1)C(=O)NC1CCCCC1. The fourth-order valence-corrected chi connectivity index (χ4v) is 3.06. The Morgan fingerprint density at radius 3 is 2.36 bits per heavy atom. The average molecular weight is 346 g/mol. The van der Waals surface area contributed by atoms with E-state index in [0.717, 1.165) is 31.2 Å². The molecule has 0 saturated heterocycles. The molecule has 2 N–H and O–H groups in total. The second-order valence-electron chi connectivity index (χ2n) is 7.73. The number of benzene rings is 1. The summed E-state index contributed by atoms with van der Waals surface area (Å²) in [6, 6.07) is 9.27. The molecular formula is C20H30N2O3. The van der Waals surface area contributed by atoms with Gasteiger partial charge in [0.05, 0.1) is 0 Å². The maximum atomic E-state index is 12.7. The summed E-state index contributed by atoms with van der Waals surface area (Å²) in [5.74, 6) is -0.137. The molecule has 0 aromatic heterocycles. The first-order valence-corrected chi connectivity index (χ1v) is 9.17. The number of amides is 2. The second-order valence-corrected chi connectivity index (χ2v) is 7.73. The summed E-state index contributed by atoms with van der Waals surface area (Å²) in [6.07, 6.45) is 5.43. The van der Waals surface area contributed by atoms with E-state index in [1.807, 2.05) is 30.3 Å². The van der Waals surface area contributed by atoms with Crippen molar-refractivity contribution in [1.29, 1.82) is 0 Å². The van der Waals surface area contributed by atoms with E-state index in [0.29, 0.717) is 6.42 Å². The van der Waals surface area contributed by atoms with Crippen molar-refractivity contribution >= 4 is 12.0 Å². The molecule has 1 aliphatic rings. The van der Waals surface area contributed by atoms with Gasteiger partial charge in [-0.3, -0.25) is 4.79 Å². The Morgan fingerprint density at radius 2 is 1.76 bits per heavy atom. The maximum absolute atomic E-state index is 12.7. The largest absolute Gasteiger partial charge is 0.444 e. The zero-order valence-corrected chi connectivity index (χ0v) is 15.5. The zero-order chi connectivity index (χ0) is 18.3. The van der Waals surface area contributed by atoms with Crippen molar-refractivity contribution < 1.29 is 14.3 Å². The summed E-state index contributed by atoms with van der Waals surface area (Å²) in [7, 11) is 0. The number of nitrogens with one attached hydrogen (secondary N) is 2. The van der Waals surface area contributed by atoms with Gasteiger partial charge in [-0.25, -0.2) is 4.79 Å². The number of ether oxygens (including phenoxy) is 1. The lowest BCUT2D eigenvalue weighted by Crippen LogP contribution is -2.51. The van der Waals surface area contributed by atoms with Gasteiger partial charge in [-0.15, -0.1) is 0 Å². The van der Waals surface area contributed by atoms with Gasteiger partial charge in [0.1, 0.15) is 11.6 Å². The molecule has 1 saturated carbocycles. The predicted octanol–water partition coefficient (Wildman–Crippen LogP) is 3.57. The molecule has 138 valence electrons. The Kier molecular flexibility index (Phi) is 6.85. The van der Waals surface area contributed by atoms with E-state index >= 15 is 0 Å². The van der Waals surface area contributed by atoms with Gasteiger partial charge in [-0.05, 0) is 39.2 Å². The van der Waals surface area contributed by atoms with Crippen molar-refractivity contribution in [3.8, 4) is 0 Å². The van der Waals surface area contributed by atoms with Crippen LogP contribution in [0.2, 0.25) is 0 Å². The lowest BCUT2D eigenvalue weighted by atomic mass is 9.95. The molecular weight excluding hydrogens is 316 g/mol. The minimum absolute atomic E-state index is 0.137. The van der Waals surface area contributed by atoms with Crippen LogP contribution in [-0.2, 0) is 16.0 Å². The molecule has 1 unspecified atom stereocenters. The summed E-state index contributed by atoms with van der Waals surface area (Å²) in [4.78, 5) is 24.9. The van der Waals surface area contributed by atoms with Crippen LogP contribution >= 0.6 is 0 Å². The second kappa shape index (κ2) is 8.88. The lowest BCUT2D eigenvalue weighted by Gasteiger charge is -2.27. The first-order valence-electron chi connectivity index (χ1n) is 9.17. The van der Waals surface area contributed by atoms with Crippen LogP contribution in [0.1, 0.15) is 58.4 Å². The van der Waals surface area contributed by atoms with E-state index in [-0.39, 0.29) is 11.9 Å². The zero-order valence-electron chi connectivity index (χ0n) is 15.5. The van der Waals surface area contributed by atoms with Crippen molar-refractivity contribution in [2.75, 3.05) is 0 Å². The fourth-order valence-electron chi connectivity index (χ4n) is 3.06. The Morgan fingerprint density at radius 1 is 1.12 bits per heavy atom. The van der Waals surface area contributed by atoms with Crippen LogP contribution in [0, 0.1) is 0 Å². The number of carbonyl (C=O) groups excluding carboxylic acids is 2. The van der Waals surface area contributed by atoms with Crippen LogP contribution in [0.5, 0.6) is 0 Å². The van der Waals surface area contributed by atoms with Crippen molar-refractivity contribution in [2.24, 2.45) is 0 Å².